The number of rotatable bonds is 6. The Balaban J connectivity index is 1.84. The first-order chi connectivity index (χ1) is 8.65. The molecule has 0 bridgehead atoms. The fourth-order valence-electron chi connectivity index (χ4n) is 3.19. The van der Waals surface area contributed by atoms with Crippen LogP contribution >= 0.6 is 11.8 Å². The van der Waals surface area contributed by atoms with Crippen LogP contribution in [0.2, 0.25) is 0 Å². The molecule has 0 aromatic rings. The van der Waals surface area contributed by atoms with E-state index in [1.54, 1.807) is 0 Å². The second kappa shape index (κ2) is 6.62. The lowest BCUT2D eigenvalue weighted by molar-refractivity contribution is 0.163. The largest absolute Gasteiger partial charge is 0.310 e. The van der Waals surface area contributed by atoms with Gasteiger partial charge in [0.25, 0.3) is 0 Å². The van der Waals surface area contributed by atoms with Crippen LogP contribution in [0.4, 0.5) is 0 Å². The van der Waals surface area contributed by atoms with Gasteiger partial charge in [-0.2, -0.15) is 11.8 Å². The predicted octanol–water partition coefficient (Wildman–Crippen LogP) is 2.98. The molecule has 1 saturated carbocycles. The van der Waals surface area contributed by atoms with Gasteiger partial charge in [-0.15, -0.1) is 0 Å². The molecule has 2 fully saturated rings. The van der Waals surface area contributed by atoms with E-state index in [9.17, 15) is 0 Å². The summed E-state index contributed by atoms with van der Waals surface area (Å²) >= 11 is 2.08. The standard InChI is InChI=1S/C15H30N2S/c1-4-18-11-5-10-17-12-15(3,14-6-7-14)16-9-8-13(17)2/h13-14,16H,4-12H2,1-3H3. The Hall–Kier alpha value is 0.270. The lowest BCUT2D eigenvalue weighted by atomic mass is 9.95. The van der Waals surface area contributed by atoms with E-state index >= 15 is 0 Å². The first-order valence-corrected chi connectivity index (χ1v) is 8.88. The van der Waals surface area contributed by atoms with Crippen LogP contribution in [0.15, 0.2) is 0 Å². The monoisotopic (exact) mass is 270 g/mol. The van der Waals surface area contributed by atoms with E-state index in [-0.39, 0.29) is 0 Å². The smallest absolute Gasteiger partial charge is 0.0308 e. The molecule has 2 rings (SSSR count). The number of hydrogen-bond acceptors (Lipinski definition) is 3. The van der Waals surface area contributed by atoms with E-state index in [0.717, 1.165) is 12.0 Å². The Kier molecular flexibility index (Phi) is 5.40. The number of thioether (sulfide) groups is 1. The molecule has 1 heterocycles. The van der Waals surface area contributed by atoms with Crippen molar-refractivity contribution in [2.45, 2.75) is 58.0 Å². The lowest BCUT2D eigenvalue weighted by Gasteiger charge is -2.36. The van der Waals surface area contributed by atoms with Crippen LogP contribution in [0.5, 0.6) is 0 Å². The molecule has 1 saturated heterocycles. The second-order valence-corrected chi connectivity index (χ2v) is 7.67. The normalized spacial score (nSPS) is 34.5. The van der Waals surface area contributed by atoms with Gasteiger partial charge in [-0.1, -0.05) is 6.92 Å². The summed E-state index contributed by atoms with van der Waals surface area (Å²) < 4.78 is 0. The van der Waals surface area contributed by atoms with Gasteiger partial charge in [0, 0.05) is 18.1 Å². The molecule has 0 radical (unpaired) electrons. The summed E-state index contributed by atoms with van der Waals surface area (Å²) in [5.74, 6) is 3.53. The van der Waals surface area contributed by atoms with Crippen molar-refractivity contribution < 1.29 is 0 Å². The molecule has 1 aliphatic carbocycles. The number of hydrogen-bond donors (Lipinski definition) is 1. The molecule has 0 amide bonds. The molecule has 106 valence electrons. The van der Waals surface area contributed by atoms with Gasteiger partial charge < -0.3 is 5.32 Å². The van der Waals surface area contributed by atoms with Crippen LogP contribution in [0, 0.1) is 5.92 Å². The van der Waals surface area contributed by atoms with Gasteiger partial charge in [0.05, 0.1) is 0 Å². The van der Waals surface area contributed by atoms with Crippen molar-refractivity contribution in [3.63, 3.8) is 0 Å². The van der Waals surface area contributed by atoms with Gasteiger partial charge in [0.2, 0.25) is 0 Å². The molecule has 2 aliphatic rings. The van der Waals surface area contributed by atoms with E-state index in [2.05, 4.69) is 42.7 Å². The molecule has 0 spiro atoms. The van der Waals surface area contributed by atoms with Crippen LogP contribution in [0.3, 0.4) is 0 Å². The molecule has 2 atom stereocenters. The topological polar surface area (TPSA) is 15.3 Å². The van der Waals surface area contributed by atoms with Crippen molar-refractivity contribution in [1.82, 2.24) is 10.2 Å². The molecule has 1 aliphatic heterocycles. The van der Waals surface area contributed by atoms with E-state index in [1.165, 1.54) is 56.8 Å². The minimum absolute atomic E-state index is 0.392. The minimum atomic E-state index is 0.392. The first kappa shape index (κ1) is 14.7. The quantitative estimate of drug-likeness (QED) is 0.747. The summed E-state index contributed by atoms with van der Waals surface area (Å²) in [6.07, 6.45) is 5.54. The molecule has 0 aromatic heterocycles. The van der Waals surface area contributed by atoms with Gasteiger partial charge in [-0.3, -0.25) is 4.90 Å². The molecule has 0 aromatic carbocycles. The maximum atomic E-state index is 3.84. The zero-order chi connectivity index (χ0) is 13.0. The van der Waals surface area contributed by atoms with E-state index in [4.69, 9.17) is 0 Å². The molecule has 1 N–H and O–H groups in total. The maximum Gasteiger partial charge on any atom is 0.0308 e. The second-order valence-electron chi connectivity index (χ2n) is 6.28. The van der Waals surface area contributed by atoms with Crippen molar-refractivity contribution >= 4 is 11.8 Å². The Labute approximate surface area is 117 Å². The third-order valence-corrected chi connectivity index (χ3v) is 5.65. The first-order valence-electron chi connectivity index (χ1n) is 7.72. The van der Waals surface area contributed by atoms with Crippen LogP contribution in [-0.2, 0) is 0 Å². The Bertz CT molecular complexity index is 255. The van der Waals surface area contributed by atoms with Crippen LogP contribution in [0.1, 0.15) is 46.5 Å². The zero-order valence-corrected chi connectivity index (χ0v) is 13.2. The highest BCUT2D eigenvalue weighted by molar-refractivity contribution is 7.99. The Morgan fingerprint density at radius 1 is 1.33 bits per heavy atom. The van der Waals surface area contributed by atoms with Crippen LogP contribution in [0.25, 0.3) is 0 Å². The molecule has 2 nitrogen and oxygen atoms in total. The fraction of sp³-hybridized carbons (Fsp3) is 1.00. The highest BCUT2D eigenvalue weighted by Crippen LogP contribution is 2.41. The number of nitrogens with zero attached hydrogens (tertiary/aromatic N) is 1. The Morgan fingerprint density at radius 2 is 2.11 bits per heavy atom. The highest BCUT2D eigenvalue weighted by atomic mass is 32.2. The Morgan fingerprint density at radius 3 is 2.78 bits per heavy atom. The van der Waals surface area contributed by atoms with Gasteiger partial charge >= 0.3 is 0 Å². The summed E-state index contributed by atoms with van der Waals surface area (Å²) in [7, 11) is 0. The third kappa shape index (κ3) is 3.88. The zero-order valence-electron chi connectivity index (χ0n) is 12.4. The van der Waals surface area contributed by atoms with Crippen molar-refractivity contribution in [2.75, 3.05) is 31.1 Å². The third-order valence-electron chi connectivity index (χ3n) is 4.66. The maximum absolute atomic E-state index is 3.84. The molecule has 3 heteroatoms. The average molecular weight is 270 g/mol. The molecular weight excluding hydrogens is 240 g/mol. The average Bonchev–Trinajstić information content (AvgIpc) is 3.16. The number of nitrogens with one attached hydrogen (secondary N) is 1. The van der Waals surface area contributed by atoms with E-state index in [1.807, 2.05) is 0 Å². The van der Waals surface area contributed by atoms with Crippen molar-refractivity contribution in [3.8, 4) is 0 Å². The lowest BCUT2D eigenvalue weighted by Crippen LogP contribution is -2.51. The summed E-state index contributed by atoms with van der Waals surface area (Å²) in [6.45, 7) is 10.9. The van der Waals surface area contributed by atoms with Gasteiger partial charge in [0.15, 0.2) is 0 Å². The van der Waals surface area contributed by atoms with Crippen molar-refractivity contribution in [2.24, 2.45) is 5.92 Å². The van der Waals surface area contributed by atoms with Gasteiger partial charge in [0.1, 0.15) is 0 Å². The van der Waals surface area contributed by atoms with Crippen molar-refractivity contribution in [1.29, 1.82) is 0 Å². The molecule has 2 unspecified atom stereocenters. The summed E-state index contributed by atoms with van der Waals surface area (Å²) in [5, 5.41) is 3.84. The molecule has 18 heavy (non-hydrogen) atoms. The SMILES string of the molecule is CCSCCCN1CC(C)(C2CC2)NCCC1C. The summed E-state index contributed by atoms with van der Waals surface area (Å²) in [4.78, 5) is 2.74. The minimum Gasteiger partial charge on any atom is -0.310 e. The highest BCUT2D eigenvalue weighted by Gasteiger charge is 2.43. The van der Waals surface area contributed by atoms with Crippen molar-refractivity contribution in [3.05, 3.63) is 0 Å². The summed E-state index contributed by atoms with van der Waals surface area (Å²) in [6, 6.07) is 0.754. The fourth-order valence-corrected chi connectivity index (χ4v) is 3.81. The van der Waals surface area contributed by atoms with E-state index < -0.39 is 0 Å². The van der Waals surface area contributed by atoms with Gasteiger partial charge in [-0.05, 0) is 70.0 Å². The van der Waals surface area contributed by atoms with Crippen LogP contribution < -0.4 is 5.32 Å². The van der Waals surface area contributed by atoms with E-state index in [0.29, 0.717) is 5.54 Å². The van der Waals surface area contributed by atoms with Gasteiger partial charge in [-0.25, -0.2) is 0 Å². The molecular formula is C15H30N2S. The predicted molar refractivity (Wildman–Crippen MR) is 82.4 cm³/mol. The summed E-state index contributed by atoms with van der Waals surface area (Å²) in [5.41, 5.74) is 0.392. The van der Waals surface area contributed by atoms with Crippen LogP contribution in [-0.4, -0.2) is 47.6 Å².